The van der Waals surface area contributed by atoms with Gasteiger partial charge < -0.3 is 20.1 Å². The Morgan fingerprint density at radius 1 is 1.02 bits per heavy atom. The monoisotopic (exact) mass is 544 g/mol. The van der Waals surface area contributed by atoms with E-state index >= 15 is 0 Å². The first-order chi connectivity index (χ1) is 19.3. The number of aromatic amines is 2. The Labute approximate surface area is 227 Å². The second kappa shape index (κ2) is 11.4. The van der Waals surface area contributed by atoms with Crippen molar-refractivity contribution in [3.63, 3.8) is 0 Å². The number of aliphatic hydroxyl groups is 1. The fourth-order valence-corrected chi connectivity index (χ4v) is 4.28. The molecule has 3 aromatic carbocycles. The van der Waals surface area contributed by atoms with Crippen LogP contribution in [0.5, 0.6) is 5.75 Å². The number of amides is 1. The Hall–Kier alpha value is -5.01. The normalized spacial score (nSPS) is 12.0. The molecule has 0 aliphatic rings. The maximum atomic E-state index is 13.2. The Morgan fingerprint density at radius 2 is 1.77 bits per heavy atom. The number of benzene rings is 3. The number of hydrogen-bond donors (Lipinski definition) is 4. The molecule has 0 fully saturated rings. The minimum absolute atomic E-state index is 0.260. The van der Waals surface area contributed by atoms with Gasteiger partial charge >= 0.3 is 6.36 Å². The molecule has 4 N–H and O–H groups in total. The predicted octanol–water partition coefficient (Wildman–Crippen LogP) is 5.19. The van der Waals surface area contributed by atoms with Crippen molar-refractivity contribution in [1.29, 1.82) is 0 Å². The van der Waals surface area contributed by atoms with Gasteiger partial charge in [0.2, 0.25) is 0 Å². The molecule has 0 aliphatic carbocycles. The summed E-state index contributed by atoms with van der Waals surface area (Å²) in [5.41, 5.74) is 4.14. The van der Waals surface area contributed by atoms with Crippen molar-refractivity contribution in [2.75, 3.05) is 6.61 Å². The number of ether oxygens (including phenoxy) is 1. The van der Waals surface area contributed by atoms with E-state index in [0.29, 0.717) is 11.1 Å². The number of para-hydroxylation sites is 1. The number of H-pyrrole nitrogens is 2. The molecule has 1 amide bonds. The molecule has 10 heteroatoms. The predicted molar refractivity (Wildman–Crippen MR) is 143 cm³/mol. The highest BCUT2D eigenvalue weighted by Gasteiger charge is 2.33. The second-order valence-electron chi connectivity index (χ2n) is 8.97. The van der Waals surface area contributed by atoms with E-state index in [9.17, 15) is 23.1 Å². The average Bonchev–Trinajstić information content (AvgIpc) is 3.62. The van der Waals surface area contributed by atoms with Crippen LogP contribution >= 0.6 is 0 Å². The number of hydrogen-bond acceptors (Lipinski definition) is 4. The molecular weight excluding hydrogens is 521 g/mol. The van der Waals surface area contributed by atoms with Gasteiger partial charge in [-0.15, -0.1) is 13.2 Å². The van der Waals surface area contributed by atoms with E-state index in [0.717, 1.165) is 33.8 Å². The number of fused-ring (bicyclic) bond motifs is 1. The van der Waals surface area contributed by atoms with E-state index < -0.39 is 30.7 Å². The lowest BCUT2D eigenvalue weighted by atomic mass is 10.0. The zero-order valence-electron chi connectivity index (χ0n) is 20.9. The number of rotatable bonds is 7. The second-order valence-corrected chi connectivity index (χ2v) is 8.97. The minimum atomic E-state index is -5.00. The largest absolute Gasteiger partial charge is 0.573 e. The summed E-state index contributed by atoms with van der Waals surface area (Å²) < 4.78 is 43.4. The van der Waals surface area contributed by atoms with Crippen molar-refractivity contribution in [3.05, 3.63) is 107 Å². The molecule has 7 nitrogen and oxygen atoms in total. The fourth-order valence-electron chi connectivity index (χ4n) is 4.28. The van der Waals surface area contributed by atoms with E-state index in [1.807, 2.05) is 42.5 Å². The van der Waals surface area contributed by atoms with Crippen LogP contribution in [-0.4, -0.2) is 45.2 Å². The third-order valence-electron chi connectivity index (χ3n) is 6.19. The number of aliphatic hydroxyl groups excluding tert-OH is 1. The maximum Gasteiger partial charge on any atom is 0.573 e. The smallest absolute Gasteiger partial charge is 0.405 e. The first-order valence-corrected chi connectivity index (χ1v) is 12.3. The standard InChI is InChI=1S/C30H23F3N4O3/c31-30(32,33)40-28-12-9-20(6-5-19-7-10-21(11-8-19)26-13-14-35-37-26)15-25(28)29(39)36-23(18-38)16-22-17-34-27-4-2-1-3-24(22)27/h1-4,7-15,17,23,34,38H,16,18H2,(H,35,37)(H,36,39). The van der Waals surface area contributed by atoms with Crippen molar-refractivity contribution >= 4 is 16.8 Å². The van der Waals surface area contributed by atoms with E-state index in [1.54, 1.807) is 24.5 Å². The van der Waals surface area contributed by atoms with Crippen molar-refractivity contribution in [1.82, 2.24) is 20.5 Å². The lowest BCUT2D eigenvalue weighted by molar-refractivity contribution is -0.274. The zero-order chi connectivity index (χ0) is 28.1. The van der Waals surface area contributed by atoms with E-state index in [-0.39, 0.29) is 12.0 Å². The third kappa shape index (κ3) is 6.34. The maximum absolute atomic E-state index is 13.2. The fraction of sp³-hybridized carbons (Fsp3) is 0.133. The number of carbonyl (C=O) groups excluding carboxylic acids is 1. The zero-order valence-corrected chi connectivity index (χ0v) is 20.9. The molecule has 5 rings (SSSR count). The highest BCUT2D eigenvalue weighted by atomic mass is 19.4. The van der Waals surface area contributed by atoms with Gasteiger partial charge in [-0.2, -0.15) is 5.10 Å². The molecule has 1 unspecified atom stereocenters. The SMILES string of the molecule is O=C(NC(CO)Cc1c[nH]c2ccccc12)c1cc(C#Cc2ccc(-c3ccn[nH]3)cc2)ccc1OC(F)(F)F. The molecule has 1 atom stereocenters. The van der Waals surface area contributed by atoms with Gasteiger partial charge in [0.1, 0.15) is 5.75 Å². The van der Waals surface area contributed by atoms with E-state index in [2.05, 4.69) is 37.1 Å². The first kappa shape index (κ1) is 26.6. The highest BCUT2D eigenvalue weighted by molar-refractivity contribution is 5.97. The minimum Gasteiger partial charge on any atom is -0.405 e. The molecule has 0 bridgehead atoms. The van der Waals surface area contributed by atoms with Crippen LogP contribution in [0.25, 0.3) is 22.2 Å². The van der Waals surface area contributed by atoms with Gasteiger partial charge in [0, 0.05) is 34.4 Å². The van der Waals surface area contributed by atoms with Gasteiger partial charge in [0.05, 0.1) is 23.9 Å². The van der Waals surface area contributed by atoms with Crippen LogP contribution in [0.2, 0.25) is 0 Å². The third-order valence-corrected chi connectivity index (χ3v) is 6.19. The van der Waals surface area contributed by atoms with E-state index in [4.69, 9.17) is 0 Å². The molecule has 0 radical (unpaired) electrons. The van der Waals surface area contributed by atoms with Crippen LogP contribution in [0.1, 0.15) is 27.0 Å². The molecule has 0 saturated heterocycles. The van der Waals surface area contributed by atoms with Crippen molar-refractivity contribution < 1.29 is 27.8 Å². The average molecular weight is 545 g/mol. The summed E-state index contributed by atoms with van der Waals surface area (Å²) in [4.78, 5) is 16.3. The van der Waals surface area contributed by atoms with Gasteiger partial charge in [-0.1, -0.05) is 42.2 Å². The molecule has 0 saturated carbocycles. The number of carbonyl (C=O) groups is 1. The van der Waals surface area contributed by atoms with Crippen LogP contribution in [-0.2, 0) is 6.42 Å². The summed E-state index contributed by atoms with van der Waals surface area (Å²) >= 11 is 0. The van der Waals surface area contributed by atoms with Gasteiger partial charge in [-0.05, 0) is 60.0 Å². The van der Waals surface area contributed by atoms with Crippen LogP contribution in [0, 0.1) is 11.8 Å². The quantitative estimate of drug-likeness (QED) is 0.212. The van der Waals surface area contributed by atoms with Crippen LogP contribution in [0.4, 0.5) is 13.2 Å². The van der Waals surface area contributed by atoms with Crippen LogP contribution in [0.15, 0.2) is 85.2 Å². The van der Waals surface area contributed by atoms with Gasteiger partial charge in [-0.3, -0.25) is 9.89 Å². The molecule has 0 spiro atoms. The molecule has 0 aliphatic heterocycles. The Kier molecular flexibility index (Phi) is 7.57. The van der Waals surface area contributed by atoms with Crippen LogP contribution < -0.4 is 10.1 Å². The van der Waals surface area contributed by atoms with Gasteiger partial charge in [0.25, 0.3) is 5.91 Å². The lowest BCUT2D eigenvalue weighted by Crippen LogP contribution is -2.39. The summed E-state index contributed by atoms with van der Waals surface area (Å²) in [6, 6.07) is 19.6. The molecular formula is C30H23F3N4O3. The number of halogens is 3. The van der Waals surface area contributed by atoms with Crippen LogP contribution in [0.3, 0.4) is 0 Å². The lowest BCUT2D eigenvalue weighted by Gasteiger charge is -2.18. The van der Waals surface area contributed by atoms with Crippen molar-refractivity contribution in [2.45, 2.75) is 18.8 Å². The molecule has 5 aromatic rings. The molecule has 202 valence electrons. The topological polar surface area (TPSA) is 103 Å². The highest BCUT2D eigenvalue weighted by Crippen LogP contribution is 2.28. The summed E-state index contributed by atoms with van der Waals surface area (Å²) in [7, 11) is 0. The number of nitrogens with zero attached hydrogens (tertiary/aromatic N) is 1. The molecule has 2 heterocycles. The summed E-state index contributed by atoms with van der Waals surface area (Å²) in [6.45, 7) is -0.422. The van der Waals surface area contributed by atoms with E-state index in [1.165, 1.54) is 12.1 Å². The van der Waals surface area contributed by atoms with Crippen molar-refractivity contribution in [2.24, 2.45) is 0 Å². The summed E-state index contributed by atoms with van der Waals surface area (Å²) in [5, 5.41) is 20.3. The number of nitrogens with one attached hydrogen (secondary N) is 3. The number of alkyl halides is 3. The van der Waals surface area contributed by atoms with Gasteiger partial charge in [0.15, 0.2) is 0 Å². The summed E-state index contributed by atoms with van der Waals surface area (Å²) in [6.07, 6.45) is -1.32. The molecule has 40 heavy (non-hydrogen) atoms. The number of aromatic nitrogens is 3. The first-order valence-electron chi connectivity index (χ1n) is 12.3. The Morgan fingerprint density at radius 3 is 2.50 bits per heavy atom. The van der Waals surface area contributed by atoms with Gasteiger partial charge in [-0.25, -0.2) is 0 Å². The Balaban J connectivity index is 1.37. The Bertz CT molecular complexity index is 1680. The molecule has 2 aromatic heterocycles. The summed E-state index contributed by atoms with van der Waals surface area (Å²) in [5.74, 6) is 4.34. The van der Waals surface area contributed by atoms with Crippen molar-refractivity contribution in [3.8, 4) is 28.8 Å².